The van der Waals surface area contributed by atoms with Gasteiger partial charge >= 0.3 is 59.7 Å². The molecule has 10 aromatic carbocycles. The van der Waals surface area contributed by atoms with Crippen molar-refractivity contribution in [1.82, 2.24) is 0 Å². The lowest BCUT2D eigenvalue weighted by Crippen LogP contribution is -2.69. The maximum Gasteiger partial charge on any atom is 0.338 e. The minimum Gasteiger partial charge on any atom is -0.459 e. The zero-order valence-corrected chi connectivity index (χ0v) is 60.3. The Hall–Kier alpha value is -13.3. The maximum atomic E-state index is 15.5. The summed E-state index contributed by atoms with van der Waals surface area (Å²) in [5, 5.41) is 12.5. The smallest absolute Gasteiger partial charge is 0.338 e. The van der Waals surface area contributed by atoms with Crippen LogP contribution in [-0.4, -0.2) is 177 Å². The lowest BCUT2D eigenvalue weighted by molar-refractivity contribution is -0.376. The first kappa shape index (κ1) is 78.8. The molecule has 26 heteroatoms. The molecule has 15 atom stereocenters. The fourth-order valence-electron chi connectivity index (χ4n) is 12.6. The lowest BCUT2D eigenvalue weighted by Gasteiger charge is -2.50. The molecule has 1 unspecified atom stereocenters. The molecule has 26 nitrogen and oxygen atoms in total. The molecule has 0 aromatic heterocycles. The second-order valence-corrected chi connectivity index (χ2v) is 25.9. The molecule has 10 aromatic rings. The molecule has 0 spiro atoms. The summed E-state index contributed by atoms with van der Waals surface area (Å²) in [4.78, 5) is 148. The van der Waals surface area contributed by atoms with E-state index in [0.717, 1.165) is 0 Å². The van der Waals surface area contributed by atoms with Crippen LogP contribution < -0.4 is 0 Å². The molecule has 0 aliphatic carbocycles. The third kappa shape index (κ3) is 19.9. The van der Waals surface area contributed by atoms with E-state index in [1.165, 1.54) is 206 Å². The number of benzene rings is 10. The van der Waals surface area contributed by atoms with Crippen LogP contribution in [0.2, 0.25) is 0 Å². The topological polar surface area (TPSA) is 329 Å². The summed E-state index contributed by atoms with van der Waals surface area (Å²) in [7, 11) is 0. The van der Waals surface area contributed by atoms with E-state index in [1.807, 2.05) is 0 Å². The molecular formula is C88H72O26. The average Bonchev–Trinajstić information content (AvgIpc) is 0.755. The molecule has 0 amide bonds. The van der Waals surface area contributed by atoms with Crippen LogP contribution in [0, 0.1) is 0 Å². The Morgan fingerprint density at radius 1 is 0.211 bits per heavy atom. The molecule has 13 rings (SSSR count). The van der Waals surface area contributed by atoms with Crippen LogP contribution in [0.3, 0.4) is 0 Å². The van der Waals surface area contributed by atoms with Gasteiger partial charge in [0.1, 0.15) is 50.3 Å². The van der Waals surface area contributed by atoms with Gasteiger partial charge in [0.2, 0.25) is 0 Å². The Morgan fingerprint density at radius 2 is 0.386 bits per heavy atom. The van der Waals surface area contributed by atoms with Gasteiger partial charge < -0.3 is 76.2 Å². The van der Waals surface area contributed by atoms with Gasteiger partial charge in [0.15, 0.2) is 61.6 Å². The van der Waals surface area contributed by atoms with Crippen molar-refractivity contribution in [2.24, 2.45) is 0 Å². The molecule has 0 saturated carbocycles. The van der Waals surface area contributed by atoms with Gasteiger partial charge in [-0.3, -0.25) is 0 Å². The van der Waals surface area contributed by atoms with E-state index < -0.39 is 172 Å². The average molecular weight is 1550 g/mol. The van der Waals surface area contributed by atoms with Gasteiger partial charge in [-0.2, -0.15) is 0 Å². The third-order valence-corrected chi connectivity index (χ3v) is 18.3. The summed E-state index contributed by atoms with van der Waals surface area (Å²) in [6.45, 7) is -2.73. The van der Waals surface area contributed by atoms with Gasteiger partial charge in [0, 0.05) is 0 Å². The van der Waals surface area contributed by atoms with Gasteiger partial charge in [-0.25, -0.2) is 47.9 Å². The van der Waals surface area contributed by atoms with Crippen LogP contribution in [0.4, 0.5) is 0 Å². The number of rotatable bonds is 27. The van der Waals surface area contributed by atoms with Crippen LogP contribution in [0.1, 0.15) is 104 Å². The quantitative estimate of drug-likeness (QED) is 0.0369. The van der Waals surface area contributed by atoms with E-state index in [4.69, 9.17) is 71.1 Å². The van der Waals surface area contributed by atoms with E-state index in [0.29, 0.717) is 0 Å². The Labute approximate surface area is 651 Å². The molecule has 0 radical (unpaired) electrons. The molecule has 3 saturated heterocycles. The van der Waals surface area contributed by atoms with E-state index in [-0.39, 0.29) is 55.6 Å². The molecule has 3 fully saturated rings. The molecule has 580 valence electrons. The normalized spacial score (nSPS) is 22.9. The van der Waals surface area contributed by atoms with E-state index in [9.17, 15) is 33.9 Å². The molecule has 3 heterocycles. The number of ether oxygens (including phenoxy) is 15. The standard InChI is InChI=1S/C88H72O26/c89-76(54-31-11-1-12-32-54)100-51-64-67(106-79(92)57-37-17-4-18-38-57)70(73(86(99)103-64)110-83(96)61-45-25-8-26-46-61)113-88-75(112-85(98)63-49-29-10-30-50-63)72(69(108-81(94)59-41-21-6-22-42-59)66(105-88)53-102-78(91)56-35-15-3-16-36-56)114-87-74(111-84(97)62-47-27-9-28-48-62)71(109-82(95)60-43-23-7-24-44-60)68(107-80(93)58-39-19-5-20-40-58)65(104-87)52-101-77(90)55-33-13-2-14-34-55/h1-50,64-75,86-88,99H,51-53H2/t64-,65-,66-,67-,68-,69-,70+,71+,72+,73+,74+,75+,86?,87-,88-/m1/s1. The van der Waals surface area contributed by atoms with Crippen LogP contribution in [0.15, 0.2) is 303 Å². The number of carbonyl (C=O) groups excluding carboxylic acids is 10. The highest BCUT2D eigenvalue weighted by Crippen LogP contribution is 2.40. The number of hydrogen-bond donors (Lipinski definition) is 1. The van der Waals surface area contributed by atoms with Gasteiger partial charge in [0.05, 0.1) is 55.6 Å². The fourth-order valence-corrected chi connectivity index (χ4v) is 12.6. The Balaban J connectivity index is 1.02. The van der Waals surface area contributed by atoms with Crippen molar-refractivity contribution >= 4 is 59.7 Å². The first-order valence-electron chi connectivity index (χ1n) is 36.0. The molecule has 114 heavy (non-hydrogen) atoms. The van der Waals surface area contributed by atoms with Gasteiger partial charge in [-0.1, -0.05) is 182 Å². The van der Waals surface area contributed by atoms with Crippen LogP contribution in [-0.2, 0) is 71.1 Å². The lowest BCUT2D eigenvalue weighted by atomic mass is 9.94. The molecule has 1 N–H and O–H groups in total. The highest BCUT2D eigenvalue weighted by molar-refractivity contribution is 5.94. The van der Waals surface area contributed by atoms with Crippen molar-refractivity contribution in [2.45, 2.75) is 92.1 Å². The maximum absolute atomic E-state index is 15.5. The highest BCUT2D eigenvalue weighted by Gasteiger charge is 2.61. The zero-order valence-electron chi connectivity index (χ0n) is 60.3. The largest absolute Gasteiger partial charge is 0.459 e. The van der Waals surface area contributed by atoms with Gasteiger partial charge in [0.25, 0.3) is 0 Å². The predicted octanol–water partition coefficient (Wildman–Crippen LogP) is 11.1. The first-order valence-corrected chi connectivity index (χ1v) is 36.0. The second-order valence-electron chi connectivity index (χ2n) is 25.9. The predicted molar refractivity (Wildman–Crippen MR) is 398 cm³/mol. The first-order chi connectivity index (χ1) is 55.6. The number of carbonyl (C=O) groups is 10. The molecule has 0 bridgehead atoms. The number of aliphatic hydroxyl groups is 1. The Morgan fingerprint density at radius 3 is 0.632 bits per heavy atom. The summed E-state index contributed by atoms with van der Waals surface area (Å²) >= 11 is 0. The third-order valence-electron chi connectivity index (χ3n) is 18.3. The summed E-state index contributed by atoms with van der Waals surface area (Å²) < 4.78 is 97.5. The zero-order chi connectivity index (χ0) is 79.3. The summed E-state index contributed by atoms with van der Waals surface area (Å²) in [6.07, 6.45) is -32.4. The number of esters is 10. The van der Waals surface area contributed by atoms with Crippen LogP contribution >= 0.6 is 0 Å². The summed E-state index contributed by atoms with van der Waals surface area (Å²) in [5.74, 6) is -10.8. The van der Waals surface area contributed by atoms with E-state index in [2.05, 4.69) is 0 Å². The highest BCUT2D eigenvalue weighted by atomic mass is 16.8. The van der Waals surface area contributed by atoms with Crippen molar-refractivity contribution in [3.63, 3.8) is 0 Å². The van der Waals surface area contributed by atoms with Crippen molar-refractivity contribution in [2.75, 3.05) is 19.8 Å². The minimum absolute atomic E-state index is 0.000878. The number of hydrogen-bond acceptors (Lipinski definition) is 26. The van der Waals surface area contributed by atoms with Crippen molar-refractivity contribution in [1.29, 1.82) is 0 Å². The molecule has 3 aliphatic heterocycles. The van der Waals surface area contributed by atoms with E-state index >= 15 is 19.2 Å². The monoisotopic (exact) mass is 1540 g/mol. The SMILES string of the molecule is O=C(OC[C@H]1O[C@H](O[C@@H]2[C@H](OC(=O)c3ccccc3)[C@@H](O[C@H]3[C@H](OC(=O)c4ccccc4)[C@@H](COC(=O)c4ccccc4)OC(O)[C@H]3OC(=O)c3ccccc3)O[C@H](COC(=O)c3ccccc3)[C@H]2OC(=O)c2ccccc2)[C@@H](OC(=O)c2ccccc2)[C@@H](OC(=O)c2ccccc2)[C@@H]1OC(=O)c1ccccc1)c1ccccc1. The Bertz CT molecular complexity index is 4900. The van der Waals surface area contributed by atoms with Crippen molar-refractivity contribution < 1.29 is 124 Å². The molecular weight excluding hydrogens is 1470 g/mol. The van der Waals surface area contributed by atoms with Crippen LogP contribution in [0.5, 0.6) is 0 Å². The van der Waals surface area contributed by atoms with Crippen molar-refractivity contribution in [3.8, 4) is 0 Å². The van der Waals surface area contributed by atoms with Gasteiger partial charge in [-0.05, 0) is 121 Å². The fraction of sp³-hybridized carbons (Fsp3) is 0.205. The van der Waals surface area contributed by atoms with Gasteiger partial charge in [-0.15, -0.1) is 0 Å². The van der Waals surface area contributed by atoms with Crippen molar-refractivity contribution in [3.05, 3.63) is 359 Å². The molecule has 3 aliphatic rings. The van der Waals surface area contributed by atoms with Crippen LogP contribution in [0.25, 0.3) is 0 Å². The van der Waals surface area contributed by atoms with E-state index in [1.54, 1.807) is 97.1 Å². The summed E-state index contributed by atoms with van der Waals surface area (Å²) in [5.41, 5.74) is -0.628. The number of aliphatic hydroxyl groups excluding tert-OH is 1. The second kappa shape index (κ2) is 38.1. The Kier molecular flexibility index (Phi) is 26.3. The summed E-state index contributed by atoms with van der Waals surface area (Å²) in [6, 6.07) is 75.0. The minimum atomic E-state index is -2.41.